The molecule has 1 aliphatic carbocycles. The van der Waals surface area contributed by atoms with Crippen molar-refractivity contribution in [3.63, 3.8) is 0 Å². The van der Waals surface area contributed by atoms with Crippen LogP contribution in [0.5, 0.6) is 0 Å². The number of hydrogen-bond acceptors (Lipinski definition) is 3. The van der Waals surface area contributed by atoms with Gasteiger partial charge in [-0.15, -0.1) is 0 Å². The molecule has 0 heterocycles. The predicted molar refractivity (Wildman–Crippen MR) is 78.2 cm³/mol. The monoisotopic (exact) mass is 295 g/mol. The lowest BCUT2D eigenvalue weighted by molar-refractivity contribution is 0.101. The summed E-state index contributed by atoms with van der Waals surface area (Å²) in [6.07, 6.45) is 4.03. The number of rotatable bonds is 4. The van der Waals surface area contributed by atoms with Gasteiger partial charge in [-0.3, -0.25) is 4.79 Å². The molecule has 2 rings (SSSR count). The molecule has 110 valence electrons. The molecule has 0 aromatic heterocycles. The Labute approximate surface area is 120 Å². The number of carbonyl (C=O) groups excluding carboxylic acids is 1. The first kappa shape index (κ1) is 15.2. The molecule has 0 amide bonds. The summed E-state index contributed by atoms with van der Waals surface area (Å²) >= 11 is 0. The zero-order valence-corrected chi connectivity index (χ0v) is 12.7. The molecule has 0 radical (unpaired) electrons. The zero-order chi connectivity index (χ0) is 14.8. The van der Waals surface area contributed by atoms with Gasteiger partial charge < -0.3 is 0 Å². The van der Waals surface area contributed by atoms with Crippen LogP contribution in [0.15, 0.2) is 29.2 Å². The molecule has 5 heteroatoms. The summed E-state index contributed by atoms with van der Waals surface area (Å²) in [6.45, 7) is 3.62. The summed E-state index contributed by atoms with van der Waals surface area (Å²) in [5.74, 6) is 0.500. The van der Waals surface area contributed by atoms with Gasteiger partial charge in [0, 0.05) is 11.6 Å². The van der Waals surface area contributed by atoms with E-state index in [0.29, 0.717) is 11.5 Å². The topological polar surface area (TPSA) is 63.2 Å². The Balaban J connectivity index is 2.11. The first-order valence-corrected chi connectivity index (χ1v) is 8.50. The molecule has 1 fully saturated rings. The van der Waals surface area contributed by atoms with Crippen LogP contribution in [0, 0.1) is 5.92 Å². The van der Waals surface area contributed by atoms with Crippen LogP contribution in [0.25, 0.3) is 0 Å². The van der Waals surface area contributed by atoms with E-state index in [9.17, 15) is 13.2 Å². The highest BCUT2D eigenvalue weighted by molar-refractivity contribution is 7.89. The molecule has 4 nitrogen and oxygen atoms in total. The summed E-state index contributed by atoms with van der Waals surface area (Å²) in [7, 11) is -3.49. The normalized spacial score (nSPS) is 23.5. The highest BCUT2D eigenvalue weighted by Crippen LogP contribution is 2.25. The molecule has 2 atom stereocenters. The van der Waals surface area contributed by atoms with E-state index < -0.39 is 10.0 Å². The van der Waals surface area contributed by atoms with Crippen molar-refractivity contribution in [1.29, 1.82) is 0 Å². The van der Waals surface area contributed by atoms with Gasteiger partial charge in [0.2, 0.25) is 10.0 Å². The molecule has 1 aliphatic rings. The Morgan fingerprint density at radius 1 is 1.20 bits per heavy atom. The smallest absolute Gasteiger partial charge is 0.240 e. The van der Waals surface area contributed by atoms with Gasteiger partial charge in [0.05, 0.1) is 4.90 Å². The van der Waals surface area contributed by atoms with Gasteiger partial charge in [-0.25, -0.2) is 13.1 Å². The molecule has 2 unspecified atom stereocenters. The average molecular weight is 295 g/mol. The first-order valence-electron chi connectivity index (χ1n) is 7.02. The summed E-state index contributed by atoms with van der Waals surface area (Å²) in [5, 5.41) is 0. The van der Waals surface area contributed by atoms with Gasteiger partial charge in [0.25, 0.3) is 0 Å². The van der Waals surface area contributed by atoms with Crippen molar-refractivity contribution < 1.29 is 13.2 Å². The second-order valence-electron chi connectivity index (χ2n) is 5.67. The van der Waals surface area contributed by atoms with Gasteiger partial charge in [0.15, 0.2) is 5.78 Å². The number of sulfonamides is 1. The molecular weight excluding hydrogens is 274 g/mol. The van der Waals surface area contributed by atoms with E-state index in [0.717, 1.165) is 19.3 Å². The standard InChI is InChI=1S/C15H21NO3S/c1-11-4-3-5-14(10-11)16-20(18,19)15-8-6-13(7-9-15)12(2)17/h6-9,11,14,16H,3-5,10H2,1-2H3. The van der Waals surface area contributed by atoms with Crippen molar-refractivity contribution >= 4 is 15.8 Å². The van der Waals surface area contributed by atoms with E-state index in [1.807, 2.05) is 0 Å². The first-order chi connectivity index (χ1) is 9.38. The third-order valence-electron chi connectivity index (χ3n) is 3.83. The van der Waals surface area contributed by atoms with Gasteiger partial charge in [-0.2, -0.15) is 0 Å². The van der Waals surface area contributed by atoms with Crippen molar-refractivity contribution in [3.05, 3.63) is 29.8 Å². The minimum Gasteiger partial charge on any atom is -0.295 e. The fourth-order valence-electron chi connectivity index (χ4n) is 2.70. The van der Waals surface area contributed by atoms with Crippen LogP contribution in [0.1, 0.15) is 49.9 Å². The number of Topliss-reactive ketones (excluding diaryl/α,β-unsaturated/α-hetero) is 1. The lowest BCUT2D eigenvalue weighted by Crippen LogP contribution is -2.37. The largest absolute Gasteiger partial charge is 0.295 e. The Bertz CT molecular complexity index is 578. The molecule has 20 heavy (non-hydrogen) atoms. The number of ketones is 1. The van der Waals surface area contributed by atoms with Crippen LogP contribution in [-0.2, 0) is 10.0 Å². The highest BCUT2D eigenvalue weighted by atomic mass is 32.2. The molecule has 1 aromatic rings. The molecule has 0 saturated heterocycles. The predicted octanol–water partition coefficient (Wildman–Crippen LogP) is 2.75. The molecule has 0 aliphatic heterocycles. The third kappa shape index (κ3) is 3.67. The van der Waals surface area contributed by atoms with Crippen molar-refractivity contribution in [1.82, 2.24) is 4.72 Å². The number of benzene rings is 1. The Kier molecular flexibility index (Phi) is 4.60. The minimum absolute atomic E-state index is 0.0243. The Morgan fingerprint density at radius 3 is 2.40 bits per heavy atom. The maximum Gasteiger partial charge on any atom is 0.240 e. The summed E-state index contributed by atoms with van der Waals surface area (Å²) in [4.78, 5) is 11.4. The van der Waals surface area contributed by atoms with Gasteiger partial charge >= 0.3 is 0 Å². The summed E-state index contributed by atoms with van der Waals surface area (Å²) < 4.78 is 27.4. The van der Waals surface area contributed by atoms with E-state index in [-0.39, 0.29) is 16.7 Å². The number of nitrogens with one attached hydrogen (secondary N) is 1. The van der Waals surface area contributed by atoms with E-state index in [4.69, 9.17) is 0 Å². The average Bonchev–Trinajstić information content (AvgIpc) is 2.38. The maximum absolute atomic E-state index is 12.3. The number of carbonyl (C=O) groups is 1. The van der Waals surface area contributed by atoms with Crippen LogP contribution < -0.4 is 4.72 Å². The van der Waals surface area contributed by atoms with E-state index in [2.05, 4.69) is 11.6 Å². The summed E-state index contributed by atoms with van der Waals surface area (Å²) in [5.41, 5.74) is 0.523. The van der Waals surface area contributed by atoms with Crippen LogP contribution in [0.4, 0.5) is 0 Å². The molecule has 0 spiro atoms. The van der Waals surface area contributed by atoms with E-state index in [1.54, 1.807) is 12.1 Å². The Morgan fingerprint density at radius 2 is 1.85 bits per heavy atom. The van der Waals surface area contributed by atoms with Crippen LogP contribution in [-0.4, -0.2) is 20.2 Å². The Hall–Kier alpha value is -1.20. The second kappa shape index (κ2) is 6.06. The fraction of sp³-hybridized carbons (Fsp3) is 0.533. The second-order valence-corrected chi connectivity index (χ2v) is 7.38. The third-order valence-corrected chi connectivity index (χ3v) is 5.37. The van der Waals surface area contributed by atoms with E-state index in [1.165, 1.54) is 25.5 Å². The molecule has 1 N–H and O–H groups in total. The van der Waals surface area contributed by atoms with Crippen LogP contribution in [0.2, 0.25) is 0 Å². The highest BCUT2D eigenvalue weighted by Gasteiger charge is 2.24. The van der Waals surface area contributed by atoms with Crippen molar-refractivity contribution in [2.45, 2.75) is 50.5 Å². The van der Waals surface area contributed by atoms with Gasteiger partial charge in [-0.05, 0) is 37.8 Å². The fourth-order valence-corrected chi connectivity index (χ4v) is 3.98. The lowest BCUT2D eigenvalue weighted by Gasteiger charge is -2.27. The zero-order valence-electron chi connectivity index (χ0n) is 11.9. The van der Waals surface area contributed by atoms with Gasteiger partial charge in [0.1, 0.15) is 0 Å². The van der Waals surface area contributed by atoms with Crippen LogP contribution in [0.3, 0.4) is 0 Å². The molecule has 1 saturated carbocycles. The quantitative estimate of drug-likeness (QED) is 0.869. The molecule has 0 bridgehead atoms. The van der Waals surface area contributed by atoms with Crippen LogP contribution >= 0.6 is 0 Å². The van der Waals surface area contributed by atoms with E-state index >= 15 is 0 Å². The lowest BCUT2D eigenvalue weighted by atomic mass is 9.88. The number of hydrogen-bond donors (Lipinski definition) is 1. The van der Waals surface area contributed by atoms with Crippen molar-refractivity contribution in [2.24, 2.45) is 5.92 Å². The maximum atomic E-state index is 12.3. The van der Waals surface area contributed by atoms with Gasteiger partial charge in [-0.1, -0.05) is 31.9 Å². The summed E-state index contributed by atoms with van der Waals surface area (Å²) in [6, 6.07) is 6.12. The SMILES string of the molecule is CC(=O)c1ccc(S(=O)(=O)NC2CCCC(C)C2)cc1. The van der Waals surface area contributed by atoms with Crippen molar-refractivity contribution in [2.75, 3.05) is 0 Å². The van der Waals surface area contributed by atoms with Crippen molar-refractivity contribution in [3.8, 4) is 0 Å². The molecule has 1 aromatic carbocycles. The minimum atomic E-state index is -3.49. The molecular formula is C15H21NO3S.